The lowest BCUT2D eigenvalue weighted by atomic mass is 10.1. The van der Waals surface area contributed by atoms with E-state index in [-0.39, 0.29) is 5.54 Å². The number of hydrogen-bond acceptors (Lipinski definition) is 2. The van der Waals surface area contributed by atoms with Crippen LogP contribution in [0.15, 0.2) is 30.3 Å². The van der Waals surface area contributed by atoms with Crippen LogP contribution in [0.4, 0.5) is 0 Å². The summed E-state index contributed by atoms with van der Waals surface area (Å²) in [5.74, 6) is 0. The Labute approximate surface area is 112 Å². The lowest BCUT2D eigenvalue weighted by Crippen LogP contribution is -2.37. The van der Waals surface area contributed by atoms with E-state index < -0.39 is 0 Å². The quantitative estimate of drug-likeness (QED) is 0.799. The Kier molecular flexibility index (Phi) is 6.37. The lowest BCUT2D eigenvalue weighted by Gasteiger charge is -2.22. The minimum atomic E-state index is 0.198. The minimum absolute atomic E-state index is 0.198. The molecule has 2 heteroatoms. The van der Waals surface area contributed by atoms with Crippen LogP contribution in [-0.2, 0) is 11.2 Å². The van der Waals surface area contributed by atoms with Gasteiger partial charge in [0.05, 0.1) is 12.7 Å². The predicted molar refractivity (Wildman–Crippen MR) is 77.9 cm³/mol. The van der Waals surface area contributed by atoms with Crippen molar-refractivity contribution in [2.24, 2.45) is 0 Å². The molecule has 0 spiro atoms. The van der Waals surface area contributed by atoms with Gasteiger partial charge in [-0.3, -0.25) is 0 Å². The van der Waals surface area contributed by atoms with Gasteiger partial charge in [0.25, 0.3) is 0 Å². The molecule has 102 valence electrons. The molecule has 1 aromatic rings. The fraction of sp³-hybridized carbons (Fsp3) is 0.625. The summed E-state index contributed by atoms with van der Waals surface area (Å²) >= 11 is 0. The summed E-state index contributed by atoms with van der Waals surface area (Å²) in [4.78, 5) is 0. The zero-order valence-electron chi connectivity index (χ0n) is 12.2. The Hall–Kier alpha value is -0.860. The molecule has 0 fully saturated rings. The number of hydrogen-bond donors (Lipinski definition) is 1. The van der Waals surface area contributed by atoms with Crippen molar-refractivity contribution in [3.8, 4) is 0 Å². The van der Waals surface area contributed by atoms with Crippen molar-refractivity contribution in [2.75, 3.05) is 13.2 Å². The third-order valence-corrected chi connectivity index (χ3v) is 2.84. The maximum atomic E-state index is 5.82. The fourth-order valence-electron chi connectivity index (χ4n) is 1.76. The van der Waals surface area contributed by atoms with E-state index in [1.165, 1.54) is 5.56 Å². The Morgan fingerprint density at radius 2 is 1.83 bits per heavy atom. The largest absolute Gasteiger partial charge is 0.378 e. The van der Waals surface area contributed by atoms with Gasteiger partial charge < -0.3 is 10.1 Å². The maximum absolute atomic E-state index is 5.82. The topological polar surface area (TPSA) is 21.3 Å². The summed E-state index contributed by atoms with van der Waals surface area (Å²) in [6, 6.07) is 10.5. The summed E-state index contributed by atoms with van der Waals surface area (Å²) in [7, 11) is 0. The lowest BCUT2D eigenvalue weighted by molar-refractivity contribution is 0.0616. The molecular formula is C16H27NO. The zero-order chi connectivity index (χ0) is 13.4. The van der Waals surface area contributed by atoms with Crippen molar-refractivity contribution in [1.29, 1.82) is 0 Å². The van der Waals surface area contributed by atoms with E-state index >= 15 is 0 Å². The smallest absolute Gasteiger partial charge is 0.0559 e. The number of benzene rings is 1. The van der Waals surface area contributed by atoms with Gasteiger partial charge in [0, 0.05) is 5.54 Å². The highest BCUT2D eigenvalue weighted by molar-refractivity contribution is 5.14. The molecule has 0 radical (unpaired) electrons. The molecule has 0 heterocycles. The first-order chi connectivity index (χ1) is 8.47. The molecule has 0 aliphatic heterocycles. The Balaban J connectivity index is 2.09. The number of nitrogens with one attached hydrogen (secondary N) is 1. The molecule has 0 bridgehead atoms. The van der Waals surface area contributed by atoms with Crippen LogP contribution in [-0.4, -0.2) is 24.8 Å². The molecule has 1 rings (SSSR count). The molecule has 2 nitrogen and oxygen atoms in total. The summed E-state index contributed by atoms with van der Waals surface area (Å²) in [5, 5.41) is 3.48. The summed E-state index contributed by atoms with van der Waals surface area (Å²) in [6.07, 6.45) is 2.38. The van der Waals surface area contributed by atoms with Gasteiger partial charge in [-0.15, -0.1) is 0 Å². The van der Waals surface area contributed by atoms with Crippen molar-refractivity contribution >= 4 is 0 Å². The van der Waals surface area contributed by atoms with Gasteiger partial charge in [-0.2, -0.15) is 0 Å². The highest BCUT2D eigenvalue weighted by Crippen LogP contribution is 2.04. The SMILES string of the molecule is CC(CCNC(C)(C)C)OCCc1ccccc1. The summed E-state index contributed by atoms with van der Waals surface area (Å²) < 4.78 is 5.82. The van der Waals surface area contributed by atoms with Crippen molar-refractivity contribution in [3.05, 3.63) is 35.9 Å². The van der Waals surface area contributed by atoms with Gasteiger partial charge in [0.1, 0.15) is 0 Å². The van der Waals surface area contributed by atoms with E-state index in [2.05, 4.69) is 57.3 Å². The van der Waals surface area contributed by atoms with E-state index in [0.29, 0.717) is 6.10 Å². The molecule has 0 amide bonds. The average Bonchev–Trinajstić information content (AvgIpc) is 2.28. The highest BCUT2D eigenvalue weighted by atomic mass is 16.5. The van der Waals surface area contributed by atoms with Crippen LogP contribution in [0, 0.1) is 0 Å². The van der Waals surface area contributed by atoms with Gasteiger partial charge in [-0.05, 0) is 52.6 Å². The molecule has 1 N–H and O–H groups in total. The van der Waals surface area contributed by atoms with Crippen LogP contribution < -0.4 is 5.32 Å². The minimum Gasteiger partial charge on any atom is -0.378 e. The monoisotopic (exact) mass is 249 g/mol. The molecule has 1 unspecified atom stereocenters. The summed E-state index contributed by atoms with van der Waals surface area (Å²) in [6.45, 7) is 10.5. The molecule has 1 atom stereocenters. The van der Waals surface area contributed by atoms with Gasteiger partial charge in [-0.1, -0.05) is 30.3 Å². The van der Waals surface area contributed by atoms with Crippen molar-refractivity contribution in [2.45, 2.75) is 52.2 Å². The highest BCUT2D eigenvalue weighted by Gasteiger charge is 2.09. The Bertz CT molecular complexity index is 316. The Morgan fingerprint density at radius 1 is 1.17 bits per heavy atom. The van der Waals surface area contributed by atoms with Crippen molar-refractivity contribution in [3.63, 3.8) is 0 Å². The maximum Gasteiger partial charge on any atom is 0.0559 e. The first kappa shape index (κ1) is 15.2. The second-order valence-electron chi connectivity index (χ2n) is 5.88. The van der Waals surface area contributed by atoms with E-state index in [9.17, 15) is 0 Å². The van der Waals surface area contributed by atoms with E-state index in [4.69, 9.17) is 4.74 Å². The fourth-order valence-corrected chi connectivity index (χ4v) is 1.76. The van der Waals surface area contributed by atoms with Crippen LogP contribution in [0.5, 0.6) is 0 Å². The molecule has 0 aromatic heterocycles. The average molecular weight is 249 g/mol. The molecule has 0 saturated carbocycles. The van der Waals surface area contributed by atoms with Crippen LogP contribution in [0.2, 0.25) is 0 Å². The normalized spacial score (nSPS) is 13.6. The van der Waals surface area contributed by atoms with Gasteiger partial charge in [-0.25, -0.2) is 0 Å². The van der Waals surface area contributed by atoms with Gasteiger partial charge in [0.15, 0.2) is 0 Å². The van der Waals surface area contributed by atoms with Crippen LogP contribution in [0.25, 0.3) is 0 Å². The number of rotatable bonds is 7. The van der Waals surface area contributed by atoms with Gasteiger partial charge in [0.2, 0.25) is 0 Å². The molecular weight excluding hydrogens is 222 g/mol. The van der Waals surface area contributed by atoms with Gasteiger partial charge >= 0.3 is 0 Å². The summed E-state index contributed by atoms with van der Waals surface area (Å²) in [5.41, 5.74) is 1.54. The third kappa shape index (κ3) is 7.46. The third-order valence-electron chi connectivity index (χ3n) is 2.84. The Morgan fingerprint density at radius 3 is 2.44 bits per heavy atom. The van der Waals surface area contributed by atoms with Crippen molar-refractivity contribution in [1.82, 2.24) is 5.32 Å². The number of ether oxygens (including phenoxy) is 1. The van der Waals surface area contributed by atoms with Crippen LogP contribution >= 0.6 is 0 Å². The van der Waals surface area contributed by atoms with E-state index in [1.807, 2.05) is 6.07 Å². The molecule has 0 aliphatic carbocycles. The first-order valence-corrected chi connectivity index (χ1v) is 6.88. The van der Waals surface area contributed by atoms with Crippen molar-refractivity contribution < 1.29 is 4.74 Å². The van der Waals surface area contributed by atoms with E-state index in [0.717, 1.165) is 26.0 Å². The first-order valence-electron chi connectivity index (χ1n) is 6.88. The second-order valence-corrected chi connectivity index (χ2v) is 5.88. The molecule has 1 aromatic carbocycles. The van der Waals surface area contributed by atoms with E-state index in [1.54, 1.807) is 0 Å². The zero-order valence-corrected chi connectivity index (χ0v) is 12.2. The molecule has 0 aliphatic rings. The molecule has 0 saturated heterocycles. The standard InChI is InChI=1S/C16H27NO/c1-14(10-12-17-16(2,3)4)18-13-11-15-8-6-5-7-9-15/h5-9,14,17H,10-13H2,1-4H3. The van der Waals surface area contributed by atoms with Crippen LogP contribution in [0.1, 0.15) is 39.7 Å². The molecule has 18 heavy (non-hydrogen) atoms. The second kappa shape index (κ2) is 7.55. The predicted octanol–water partition coefficient (Wildman–Crippen LogP) is 3.41. The van der Waals surface area contributed by atoms with Crippen LogP contribution in [0.3, 0.4) is 0 Å².